The van der Waals surface area contributed by atoms with Crippen LogP contribution in [0.1, 0.15) is 16.9 Å². The van der Waals surface area contributed by atoms with Crippen LogP contribution in [-0.2, 0) is 4.79 Å². The van der Waals surface area contributed by atoms with Gasteiger partial charge in [0.1, 0.15) is 5.82 Å². The largest absolute Gasteiger partial charge is 0.350 e. The predicted molar refractivity (Wildman–Crippen MR) is 94.7 cm³/mol. The van der Waals surface area contributed by atoms with Crippen molar-refractivity contribution >= 4 is 34.2 Å². The minimum absolute atomic E-state index is 0.124. The van der Waals surface area contributed by atoms with Crippen LogP contribution in [0, 0.1) is 0 Å². The first-order chi connectivity index (χ1) is 12.7. The molecule has 3 aromatic heterocycles. The van der Waals surface area contributed by atoms with Crippen molar-refractivity contribution in [2.24, 2.45) is 0 Å². The van der Waals surface area contributed by atoms with E-state index in [2.05, 4.69) is 30.9 Å². The van der Waals surface area contributed by atoms with Crippen LogP contribution in [0.15, 0.2) is 48.8 Å². The Kier molecular flexibility index (Phi) is 4.02. The molecule has 0 saturated heterocycles. The van der Waals surface area contributed by atoms with Gasteiger partial charge in [-0.25, -0.2) is 4.98 Å². The molecule has 0 atom stereocenters. The highest BCUT2D eigenvalue weighted by Crippen LogP contribution is 2.14. The minimum Gasteiger partial charge on any atom is -0.350 e. The van der Waals surface area contributed by atoms with Crippen LogP contribution in [0.25, 0.3) is 16.6 Å². The first kappa shape index (κ1) is 15.8. The van der Waals surface area contributed by atoms with Gasteiger partial charge in [-0.05, 0) is 12.1 Å². The molecular weight excluding hydrogens is 334 g/mol. The first-order valence-corrected chi connectivity index (χ1v) is 8.02. The number of aromatic amines is 1. The van der Waals surface area contributed by atoms with Crippen molar-refractivity contribution < 1.29 is 9.59 Å². The van der Waals surface area contributed by atoms with E-state index in [0.29, 0.717) is 17.2 Å². The van der Waals surface area contributed by atoms with Crippen molar-refractivity contribution in [3.8, 4) is 0 Å². The van der Waals surface area contributed by atoms with Gasteiger partial charge in [-0.3, -0.25) is 14.7 Å². The van der Waals surface area contributed by atoms with Crippen LogP contribution in [0.5, 0.6) is 0 Å². The number of fused-ring (bicyclic) bond motifs is 2. The van der Waals surface area contributed by atoms with Crippen LogP contribution in [0.4, 0.5) is 5.82 Å². The number of para-hydroxylation sites is 1. The summed E-state index contributed by atoms with van der Waals surface area (Å²) < 4.78 is 1.53. The monoisotopic (exact) mass is 349 g/mol. The van der Waals surface area contributed by atoms with Crippen molar-refractivity contribution in [1.82, 2.24) is 30.1 Å². The minimum atomic E-state index is -0.325. The maximum Gasteiger partial charge on any atom is 0.272 e. The highest BCUT2D eigenvalue weighted by molar-refractivity contribution is 6.04. The molecule has 0 radical (unpaired) electrons. The molecule has 4 rings (SSSR count). The van der Waals surface area contributed by atoms with Gasteiger partial charge in [0.05, 0.1) is 11.7 Å². The number of hydrogen-bond acceptors (Lipinski definition) is 5. The molecule has 0 aliphatic carbocycles. The molecule has 9 nitrogen and oxygen atoms in total. The van der Waals surface area contributed by atoms with E-state index in [0.717, 1.165) is 10.9 Å². The second kappa shape index (κ2) is 6.63. The SMILES string of the molecule is O=C(CCNC(=O)c1n[nH]c2ccccc12)Nc1ccnc2ccnn12. The number of anilines is 1. The fraction of sp³-hybridized carbons (Fsp3) is 0.118. The number of nitrogens with one attached hydrogen (secondary N) is 3. The van der Waals surface area contributed by atoms with E-state index in [9.17, 15) is 9.59 Å². The van der Waals surface area contributed by atoms with E-state index in [-0.39, 0.29) is 24.8 Å². The average Bonchev–Trinajstić information content (AvgIpc) is 3.29. The molecule has 1 aromatic carbocycles. The van der Waals surface area contributed by atoms with Gasteiger partial charge in [0.15, 0.2) is 11.3 Å². The Morgan fingerprint density at radius 3 is 2.92 bits per heavy atom. The molecule has 0 aliphatic heterocycles. The maximum absolute atomic E-state index is 12.3. The fourth-order valence-corrected chi connectivity index (χ4v) is 2.64. The third-order valence-electron chi connectivity index (χ3n) is 3.88. The highest BCUT2D eigenvalue weighted by Gasteiger charge is 2.14. The number of H-pyrrole nitrogens is 1. The average molecular weight is 349 g/mol. The van der Waals surface area contributed by atoms with Gasteiger partial charge in [-0.1, -0.05) is 18.2 Å². The summed E-state index contributed by atoms with van der Waals surface area (Å²) in [4.78, 5) is 28.5. The number of aromatic nitrogens is 5. The quantitative estimate of drug-likeness (QED) is 0.503. The molecule has 0 fully saturated rings. The molecule has 0 spiro atoms. The zero-order valence-corrected chi connectivity index (χ0v) is 13.6. The van der Waals surface area contributed by atoms with Crippen molar-refractivity contribution in [3.63, 3.8) is 0 Å². The molecule has 3 heterocycles. The van der Waals surface area contributed by atoms with Gasteiger partial charge < -0.3 is 10.6 Å². The molecule has 0 aliphatic rings. The third kappa shape index (κ3) is 2.97. The topological polar surface area (TPSA) is 117 Å². The lowest BCUT2D eigenvalue weighted by Gasteiger charge is -2.07. The summed E-state index contributed by atoms with van der Waals surface area (Å²) in [7, 11) is 0. The Labute approximate surface area is 147 Å². The number of nitrogens with zero attached hydrogens (tertiary/aromatic N) is 4. The Morgan fingerprint density at radius 1 is 1.12 bits per heavy atom. The predicted octanol–water partition coefficient (Wildman–Crippen LogP) is 1.36. The third-order valence-corrected chi connectivity index (χ3v) is 3.88. The van der Waals surface area contributed by atoms with E-state index in [1.807, 2.05) is 24.3 Å². The Balaban J connectivity index is 1.35. The van der Waals surface area contributed by atoms with Gasteiger partial charge in [0.2, 0.25) is 5.91 Å². The lowest BCUT2D eigenvalue weighted by atomic mass is 10.2. The summed E-state index contributed by atoms with van der Waals surface area (Å²) in [5, 5.41) is 17.2. The second-order valence-electron chi connectivity index (χ2n) is 5.60. The maximum atomic E-state index is 12.3. The summed E-state index contributed by atoms with van der Waals surface area (Å²) in [6.45, 7) is 0.194. The zero-order valence-electron chi connectivity index (χ0n) is 13.6. The highest BCUT2D eigenvalue weighted by atomic mass is 16.2. The number of rotatable bonds is 5. The number of carbonyl (C=O) groups is 2. The molecule has 130 valence electrons. The Bertz CT molecular complexity index is 1100. The van der Waals surface area contributed by atoms with Crippen LogP contribution in [0.3, 0.4) is 0 Å². The fourth-order valence-electron chi connectivity index (χ4n) is 2.64. The molecule has 0 bridgehead atoms. The van der Waals surface area contributed by atoms with Crippen molar-refractivity contribution in [2.75, 3.05) is 11.9 Å². The summed E-state index contributed by atoms with van der Waals surface area (Å²) in [5.41, 5.74) is 1.74. The Hall–Kier alpha value is -3.75. The molecule has 9 heteroatoms. The summed E-state index contributed by atoms with van der Waals surface area (Å²) in [6.07, 6.45) is 3.32. The van der Waals surface area contributed by atoms with Crippen molar-refractivity contribution in [3.05, 3.63) is 54.5 Å². The number of amides is 2. The standard InChI is InChI=1S/C17H15N7O2/c25-15(21-14-5-8-18-13-6-10-20-24(13)14)7-9-19-17(26)16-11-3-1-2-4-12(11)22-23-16/h1-6,8,10H,7,9H2,(H,19,26)(H,21,25)(H,22,23). The molecular formula is C17H15N7O2. The normalized spacial score (nSPS) is 10.9. The summed E-state index contributed by atoms with van der Waals surface area (Å²) in [6, 6.07) is 10.8. The summed E-state index contributed by atoms with van der Waals surface area (Å²) >= 11 is 0. The van der Waals surface area contributed by atoms with Gasteiger partial charge in [-0.2, -0.15) is 14.7 Å². The van der Waals surface area contributed by atoms with E-state index in [1.165, 1.54) is 4.52 Å². The van der Waals surface area contributed by atoms with E-state index in [1.54, 1.807) is 24.5 Å². The number of hydrogen-bond donors (Lipinski definition) is 3. The molecule has 0 unspecified atom stereocenters. The first-order valence-electron chi connectivity index (χ1n) is 8.02. The van der Waals surface area contributed by atoms with E-state index >= 15 is 0 Å². The molecule has 0 saturated carbocycles. The van der Waals surface area contributed by atoms with E-state index in [4.69, 9.17) is 0 Å². The molecule has 3 N–H and O–H groups in total. The smallest absolute Gasteiger partial charge is 0.272 e. The second-order valence-corrected chi connectivity index (χ2v) is 5.60. The van der Waals surface area contributed by atoms with E-state index < -0.39 is 0 Å². The van der Waals surface area contributed by atoms with Gasteiger partial charge in [0.25, 0.3) is 5.91 Å². The molecule has 26 heavy (non-hydrogen) atoms. The van der Waals surface area contributed by atoms with Gasteiger partial charge >= 0.3 is 0 Å². The van der Waals surface area contributed by atoms with Crippen molar-refractivity contribution in [1.29, 1.82) is 0 Å². The van der Waals surface area contributed by atoms with Gasteiger partial charge in [0, 0.05) is 30.6 Å². The van der Waals surface area contributed by atoms with Crippen molar-refractivity contribution in [2.45, 2.75) is 6.42 Å². The lowest BCUT2D eigenvalue weighted by molar-refractivity contribution is -0.116. The Morgan fingerprint density at radius 2 is 2.00 bits per heavy atom. The van der Waals surface area contributed by atoms with Crippen LogP contribution < -0.4 is 10.6 Å². The lowest BCUT2D eigenvalue weighted by Crippen LogP contribution is -2.28. The van der Waals surface area contributed by atoms with Crippen LogP contribution in [-0.4, -0.2) is 43.2 Å². The number of carbonyl (C=O) groups excluding carboxylic acids is 2. The molecule has 2 amide bonds. The summed E-state index contributed by atoms with van der Waals surface area (Å²) in [5.74, 6) is -0.0385. The van der Waals surface area contributed by atoms with Gasteiger partial charge in [-0.15, -0.1) is 0 Å². The molecule has 4 aromatic rings. The van der Waals surface area contributed by atoms with Crippen LogP contribution in [0.2, 0.25) is 0 Å². The van der Waals surface area contributed by atoms with Crippen LogP contribution >= 0.6 is 0 Å². The number of benzene rings is 1. The zero-order chi connectivity index (χ0) is 17.9.